The molecule has 0 aliphatic carbocycles. The smallest absolute Gasteiger partial charge is 0.00365 e. The normalized spacial score (nSPS) is 10.0. The van der Waals surface area contributed by atoms with E-state index in [1.54, 1.807) is 0 Å². The molecule has 0 fully saturated rings. The molecular formula is C18H12. The minimum atomic E-state index is 1.15. The van der Waals surface area contributed by atoms with Crippen LogP contribution in [0.25, 0.3) is 27.6 Å². The molecule has 0 N–H and O–H groups in total. The van der Waals surface area contributed by atoms with Gasteiger partial charge in [-0.15, -0.1) is 0 Å². The fraction of sp³-hybridized carbons (Fsp3) is 0. The zero-order valence-electron chi connectivity index (χ0n) is 9.98. The van der Waals surface area contributed by atoms with Crippen LogP contribution in [0.4, 0.5) is 0 Å². The molecular weight excluding hydrogens is 216 g/mol. The molecule has 0 spiro atoms. The fourth-order valence-corrected chi connectivity index (χ4v) is 2.33. The summed E-state index contributed by atoms with van der Waals surface area (Å²) in [5, 5.41) is 5.04. The van der Waals surface area contributed by atoms with Gasteiger partial charge in [-0.3, -0.25) is 0 Å². The lowest BCUT2D eigenvalue weighted by Crippen LogP contribution is -1.81. The van der Waals surface area contributed by atoms with Crippen LogP contribution in [-0.4, -0.2) is 0 Å². The number of hydrogen-bond acceptors (Lipinski definition) is 0. The van der Waals surface area contributed by atoms with Crippen molar-refractivity contribution in [3.63, 3.8) is 0 Å². The summed E-state index contributed by atoms with van der Waals surface area (Å²) in [7, 11) is 0. The lowest BCUT2D eigenvalue weighted by atomic mass is 9.97. The van der Waals surface area contributed by atoms with E-state index in [2.05, 4.69) is 72.6 Å². The SMILES string of the molecule is C=C=C=Cc1cc2ccccc2c2ccccc12. The van der Waals surface area contributed by atoms with Crippen molar-refractivity contribution in [3.8, 4) is 0 Å². The molecule has 0 aromatic heterocycles. The van der Waals surface area contributed by atoms with Crippen LogP contribution in [-0.2, 0) is 0 Å². The Bertz CT molecular complexity index is 812. The lowest BCUT2D eigenvalue weighted by Gasteiger charge is -2.06. The predicted molar refractivity (Wildman–Crippen MR) is 78.6 cm³/mol. The Kier molecular flexibility index (Phi) is 2.59. The molecule has 0 aliphatic heterocycles. The van der Waals surface area contributed by atoms with E-state index in [9.17, 15) is 0 Å². The van der Waals surface area contributed by atoms with Crippen LogP contribution in [0.3, 0.4) is 0 Å². The zero-order valence-corrected chi connectivity index (χ0v) is 9.98. The van der Waals surface area contributed by atoms with E-state index in [4.69, 9.17) is 0 Å². The summed E-state index contributed by atoms with van der Waals surface area (Å²) in [5.41, 5.74) is 6.76. The van der Waals surface area contributed by atoms with E-state index in [1.165, 1.54) is 21.5 Å². The predicted octanol–water partition coefficient (Wildman–Crippen LogP) is 4.95. The van der Waals surface area contributed by atoms with Crippen LogP contribution < -0.4 is 0 Å². The van der Waals surface area contributed by atoms with Crippen LogP contribution in [0.5, 0.6) is 0 Å². The van der Waals surface area contributed by atoms with Crippen molar-refractivity contribution >= 4 is 27.6 Å². The van der Waals surface area contributed by atoms with Gasteiger partial charge in [0.25, 0.3) is 0 Å². The molecule has 0 radical (unpaired) electrons. The third-order valence-electron chi connectivity index (χ3n) is 3.13. The van der Waals surface area contributed by atoms with Gasteiger partial charge in [0.1, 0.15) is 0 Å². The highest BCUT2D eigenvalue weighted by Crippen LogP contribution is 2.29. The van der Waals surface area contributed by atoms with Gasteiger partial charge >= 0.3 is 0 Å². The van der Waals surface area contributed by atoms with E-state index >= 15 is 0 Å². The van der Waals surface area contributed by atoms with E-state index in [1.807, 2.05) is 6.08 Å². The molecule has 18 heavy (non-hydrogen) atoms. The topological polar surface area (TPSA) is 0 Å². The second-order valence-corrected chi connectivity index (χ2v) is 4.20. The number of rotatable bonds is 1. The lowest BCUT2D eigenvalue weighted by molar-refractivity contribution is 1.74. The summed E-state index contributed by atoms with van der Waals surface area (Å²) >= 11 is 0. The number of hydrogen-bond donors (Lipinski definition) is 0. The third-order valence-corrected chi connectivity index (χ3v) is 3.13. The van der Waals surface area contributed by atoms with E-state index in [-0.39, 0.29) is 0 Å². The van der Waals surface area contributed by atoms with Crippen molar-refractivity contribution in [2.24, 2.45) is 0 Å². The summed E-state index contributed by atoms with van der Waals surface area (Å²) in [6.45, 7) is 3.55. The molecule has 0 unspecified atom stereocenters. The standard InChI is InChI=1S/C18H12/c1-2-3-8-14-13-15-9-4-5-10-17(15)18-12-7-6-11-16(14)18/h4-13H,1H2. The highest BCUT2D eigenvalue weighted by atomic mass is 14.1. The molecule has 0 nitrogen and oxygen atoms in total. The Morgan fingerprint density at radius 1 is 0.833 bits per heavy atom. The molecule has 3 rings (SSSR count). The van der Waals surface area contributed by atoms with Crippen LogP contribution in [0.1, 0.15) is 5.56 Å². The highest BCUT2D eigenvalue weighted by molar-refractivity contribution is 6.10. The first-order chi connectivity index (χ1) is 8.90. The van der Waals surface area contributed by atoms with Gasteiger partial charge in [-0.2, -0.15) is 0 Å². The maximum absolute atomic E-state index is 3.55. The van der Waals surface area contributed by atoms with Crippen LogP contribution in [0.2, 0.25) is 0 Å². The summed E-state index contributed by atoms with van der Waals surface area (Å²) < 4.78 is 0. The molecule has 3 aromatic rings. The third kappa shape index (κ3) is 1.67. The maximum atomic E-state index is 3.55. The van der Waals surface area contributed by atoms with Crippen molar-refractivity contribution in [1.29, 1.82) is 0 Å². The zero-order chi connectivity index (χ0) is 12.4. The van der Waals surface area contributed by atoms with Crippen molar-refractivity contribution in [2.45, 2.75) is 0 Å². The van der Waals surface area contributed by atoms with Crippen molar-refractivity contribution < 1.29 is 0 Å². The Labute approximate surface area is 106 Å². The average Bonchev–Trinajstić information content (AvgIpc) is 2.45. The van der Waals surface area contributed by atoms with Crippen molar-refractivity contribution in [2.75, 3.05) is 0 Å². The molecule has 0 heteroatoms. The second kappa shape index (κ2) is 4.39. The van der Waals surface area contributed by atoms with Gasteiger partial charge in [-0.1, -0.05) is 60.0 Å². The van der Waals surface area contributed by atoms with Gasteiger partial charge in [0.15, 0.2) is 0 Å². The van der Waals surface area contributed by atoms with Crippen LogP contribution >= 0.6 is 0 Å². The Hall–Kier alpha value is -2.52. The molecule has 3 aromatic carbocycles. The van der Waals surface area contributed by atoms with E-state index in [0.29, 0.717) is 0 Å². The summed E-state index contributed by atoms with van der Waals surface area (Å²) in [4.78, 5) is 0. The van der Waals surface area contributed by atoms with Gasteiger partial charge in [0.2, 0.25) is 0 Å². The first-order valence-electron chi connectivity index (χ1n) is 5.91. The van der Waals surface area contributed by atoms with E-state index < -0.39 is 0 Å². The maximum Gasteiger partial charge on any atom is -0.00365 e. The van der Waals surface area contributed by atoms with Crippen molar-refractivity contribution in [1.82, 2.24) is 0 Å². The number of benzene rings is 3. The Balaban J connectivity index is 2.54. The molecule has 0 aliphatic rings. The summed E-state index contributed by atoms with van der Waals surface area (Å²) in [5.74, 6) is 0. The molecule has 0 bridgehead atoms. The highest BCUT2D eigenvalue weighted by Gasteiger charge is 2.03. The molecule has 0 amide bonds. The molecule has 0 saturated heterocycles. The van der Waals surface area contributed by atoms with Gasteiger partial charge < -0.3 is 0 Å². The molecule has 84 valence electrons. The van der Waals surface area contributed by atoms with E-state index in [0.717, 1.165) is 5.56 Å². The molecule has 0 atom stereocenters. The minimum Gasteiger partial charge on any atom is -0.0781 e. The van der Waals surface area contributed by atoms with Crippen LogP contribution in [0, 0.1) is 0 Å². The number of fused-ring (bicyclic) bond motifs is 3. The molecule has 0 heterocycles. The largest absolute Gasteiger partial charge is 0.0781 e. The van der Waals surface area contributed by atoms with Gasteiger partial charge in [-0.25, -0.2) is 0 Å². The average molecular weight is 228 g/mol. The van der Waals surface area contributed by atoms with Gasteiger partial charge in [-0.05, 0) is 45.8 Å². The Morgan fingerprint density at radius 2 is 1.50 bits per heavy atom. The van der Waals surface area contributed by atoms with Crippen LogP contribution in [0.15, 0.2) is 72.6 Å². The van der Waals surface area contributed by atoms with Crippen molar-refractivity contribution in [3.05, 3.63) is 78.2 Å². The summed E-state index contributed by atoms with van der Waals surface area (Å²) in [6, 6.07) is 19.1. The molecule has 0 saturated carbocycles. The monoisotopic (exact) mass is 228 g/mol. The second-order valence-electron chi connectivity index (χ2n) is 4.20. The minimum absolute atomic E-state index is 1.15. The van der Waals surface area contributed by atoms with Gasteiger partial charge in [0.05, 0.1) is 0 Å². The first kappa shape index (κ1) is 10.6. The Morgan fingerprint density at radius 3 is 2.28 bits per heavy atom. The fourth-order valence-electron chi connectivity index (χ4n) is 2.33. The first-order valence-corrected chi connectivity index (χ1v) is 5.91. The quantitative estimate of drug-likeness (QED) is 0.408. The summed E-state index contributed by atoms with van der Waals surface area (Å²) in [6.07, 6.45) is 1.93. The van der Waals surface area contributed by atoms with Gasteiger partial charge in [0, 0.05) is 0 Å².